The second-order valence-corrected chi connectivity index (χ2v) is 6.14. The average molecular weight is 435 g/mol. The fourth-order valence-electron chi connectivity index (χ4n) is 2.88. The van der Waals surface area contributed by atoms with Crippen molar-refractivity contribution < 1.29 is 39.1 Å². The van der Waals surface area contributed by atoms with Gasteiger partial charge in [0.1, 0.15) is 5.76 Å². The molecule has 1 aliphatic heterocycles. The van der Waals surface area contributed by atoms with Gasteiger partial charge in [0.15, 0.2) is 23.0 Å². The van der Waals surface area contributed by atoms with Gasteiger partial charge in [-0.25, -0.2) is 9.59 Å². The molecule has 1 aliphatic rings. The maximum Gasteiger partial charge on any atom is 0.335 e. The summed E-state index contributed by atoms with van der Waals surface area (Å²) in [6.07, 6.45) is 5.21. The van der Waals surface area contributed by atoms with Gasteiger partial charge in [0.2, 0.25) is 0 Å². The molecule has 0 aliphatic carbocycles. The zero-order valence-corrected chi connectivity index (χ0v) is 16.9. The predicted octanol–water partition coefficient (Wildman–Crippen LogP) is 3.76. The minimum atomic E-state index is -1.15. The van der Waals surface area contributed by atoms with E-state index in [4.69, 9.17) is 14.2 Å². The third-order valence-electron chi connectivity index (χ3n) is 4.34. The van der Waals surface area contributed by atoms with Crippen molar-refractivity contribution in [3.8, 4) is 23.0 Å². The normalized spacial score (nSPS) is 12.3. The first-order valence-electron chi connectivity index (χ1n) is 8.48. The number of carbonyl (C=O) groups is 2. The van der Waals surface area contributed by atoms with E-state index >= 15 is 0 Å². The van der Waals surface area contributed by atoms with Crippen LogP contribution in [0.1, 0.15) is 31.8 Å². The van der Waals surface area contributed by atoms with E-state index in [0.717, 1.165) is 0 Å². The van der Waals surface area contributed by atoms with Crippen molar-refractivity contribution in [2.45, 2.75) is 6.42 Å². The molecule has 1 heterocycles. The number of carboxylic acids is 2. The lowest BCUT2D eigenvalue weighted by Gasteiger charge is -2.19. The number of halogens is 1. The largest absolute Gasteiger partial charge is 0.504 e. The van der Waals surface area contributed by atoms with Crippen molar-refractivity contribution >= 4 is 30.4 Å². The van der Waals surface area contributed by atoms with Crippen molar-refractivity contribution in [3.05, 3.63) is 64.4 Å². The first-order chi connectivity index (χ1) is 13.8. The second-order valence-electron chi connectivity index (χ2n) is 6.14. The Morgan fingerprint density at radius 2 is 1.57 bits per heavy atom. The summed E-state index contributed by atoms with van der Waals surface area (Å²) in [4.78, 5) is 22.5. The van der Waals surface area contributed by atoms with E-state index < -0.39 is 11.9 Å². The van der Waals surface area contributed by atoms with Gasteiger partial charge in [0.25, 0.3) is 0 Å². The maximum absolute atomic E-state index is 11.3. The maximum atomic E-state index is 11.3. The van der Waals surface area contributed by atoms with E-state index in [2.05, 4.69) is 0 Å². The highest BCUT2D eigenvalue weighted by molar-refractivity contribution is 5.90. The van der Waals surface area contributed by atoms with Crippen LogP contribution in [0.25, 0.3) is 6.08 Å². The van der Waals surface area contributed by atoms with Crippen LogP contribution >= 0.6 is 12.4 Å². The Bertz CT molecular complexity index is 1060. The standard InChI is InChI=1S/C21H18O8.ClH/c1-27-16-9-13(20(23)24)7-11(18(16)22)3-5-15-6-4-12-8-14(21(25)26)10-17(28-2)19(12)29-15;/h3,5-10,22H,4H2,1-2H3,(H,23,24)(H,25,26);1H/b5-3+;. The lowest BCUT2D eigenvalue weighted by atomic mass is 10.0. The lowest BCUT2D eigenvalue weighted by Crippen LogP contribution is -2.07. The summed E-state index contributed by atoms with van der Waals surface area (Å²) in [5, 5.41) is 28.7. The smallest absolute Gasteiger partial charge is 0.335 e. The number of allylic oxidation sites excluding steroid dienone is 2. The van der Waals surface area contributed by atoms with Gasteiger partial charge in [-0.05, 0) is 48.9 Å². The molecule has 0 aromatic heterocycles. The molecule has 2 aromatic rings. The predicted molar refractivity (Wildman–Crippen MR) is 110 cm³/mol. The molecule has 0 saturated heterocycles. The molecule has 0 atom stereocenters. The van der Waals surface area contributed by atoms with E-state index in [-0.39, 0.29) is 46.3 Å². The molecule has 3 N–H and O–H groups in total. The number of hydrogen-bond donors (Lipinski definition) is 3. The van der Waals surface area contributed by atoms with Gasteiger partial charge in [-0.3, -0.25) is 0 Å². The van der Waals surface area contributed by atoms with Crippen LogP contribution < -0.4 is 14.2 Å². The van der Waals surface area contributed by atoms with Gasteiger partial charge in [-0.2, -0.15) is 0 Å². The Kier molecular flexibility index (Phi) is 6.97. The Hall–Kier alpha value is -3.65. The highest BCUT2D eigenvalue weighted by atomic mass is 35.5. The van der Waals surface area contributed by atoms with E-state index in [1.807, 2.05) is 0 Å². The molecular formula is C21H19ClO8. The summed E-state index contributed by atoms with van der Waals surface area (Å²) in [5.41, 5.74) is 0.965. The van der Waals surface area contributed by atoms with Gasteiger partial charge >= 0.3 is 11.9 Å². The van der Waals surface area contributed by atoms with E-state index in [9.17, 15) is 24.9 Å². The highest BCUT2D eigenvalue weighted by Gasteiger charge is 2.20. The second kappa shape index (κ2) is 9.23. The van der Waals surface area contributed by atoms with Gasteiger partial charge in [-0.15, -0.1) is 12.4 Å². The first kappa shape index (κ1) is 22.6. The number of rotatable bonds is 6. The lowest BCUT2D eigenvalue weighted by molar-refractivity contribution is 0.0685. The summed E-state index contributed by atoms with van der Waals surface area (Å²) >= 11 is 0. The number of aromatic hydroxyl groups is 1. The molecule has 0 amide bonds. The fraction of sp³-hybridized carbons (Fsp3) is 0.143. The summed E-state index contributed by atoms with van der Waals surface area (Å²) < 4.78 is 16.1. The van der Waals surface area contributed by atoms with E-state index in [1.54, 1.807) is 12.2 Å². The molecule has 0 fully saturated rings. The Morgan fingerprint density at radius 3 is 2.17 bits per heavy atom. The molecule has 0 radical (unpaired) electrons. The molecule has 0 unspecified atom stereocenters. The molecule has 3 rings (SSSR count). The molecule has 2 aromatic carbocycles. The highest BCUT2D eigenvalue weighted by Crippen LogP contribution is 2.38. The SMILES string of the molecule is COc1cc(C(=O)O)cc(/C=C/C2=CCc3cc(C(=O)O)cc(OC)c3O2)c1O.Cl. The van der Waals surface area contributed by atoms with Crippen LogP contribution in [0.2, 0.25) is 0 Å². The van der Waals surface area contributed by atoms with E-state index in [1.165, 1.54) is 44.6 Å². The van der Waals surface area contributed by atoms with Crippen LogP contribution in [0, 0.1) is 0 Å². The van der Waals surface area contributed by atoms with Gasteiger partial charge in [-0.1, -0.05) is 0 Å². The fourth-order valence-corrected chi connectivity index (χ4v) is 2.88. The Balaban J connectivity index is 0.00000320. The Labute approximate surface area is 178 Å². The van der Waals surface area contributed by atoms with Crippen LogP contribution in [0.3, 0.4) is 0 Å². The van der Waals surface area contributed by atoms with E-state index in [0.29, 0.717) is 23.5 Å². The molecule has 158 valence electrons. The summed E-state index contributed by atoms with van der Waals surface area (Å²) in [6.45, 7) is 0. The minimum absolute atomic E-state index is 0. The Morgan fingerprint density at radius 1 is 0.967 bits per heavy atom. The molecule has 9 heteroatoms. The van der Waals surface area contributed by atoms with Crippen LogP contribution in [0.15, 0.2) is 42.2 Å². The van der Waals surface area contributed by atoms with Crippen molar-refractivity contribution in [2.24, 2.45) is 0 Å². The molecule has 0 spiro atoms. The third-order valence-corrected chi connectivity index (χ3v) is 4.34. The number of phenolic OH excluding ortho intramolecular Hbond substituents is 1. The first-order valence-corrected chi connectivity index (χ1v) is 8.48. The van der Waals surface area contributed by atoms with Crippen molar-refractivity contribution in [3.63, 3.8) is 0 Å². The number of hydrogen-bond acceptors (Lipinski definition) is 6. The molecule has 0 bridgehead atoms. The van der Waals surface area contributed by atoms with Crippen molar-refractivity contribution in [1.29, 1.82) is 0 Å². The van der Waals surface area contributed by atoms with Gasteiger partial charge in [0, 0.05) is 11.1 Å². The summed E-state index contributed by atoms with van der Waals surface area (Å²) in [5.74, 6) is -1.26. The quantitative estimate of drug-likeness (QED) is 0.628. The molecular weight excluding hydrogens is 416 g/mol. The molecule has 30 heavy (non-hydrogen) atoms. The summed E-state index contributed by atoms with van der Waals surface area (Å²) in [7, 11) is 2.75. The number of benzene rings is 2. The molecule has 0 saturated carbocycles. The topological polar surface area (TPSA) is 123 Å². The number of phenols is 1. The number of carboxylic acid groups (broad SMARTS) is 2. The van der Waals surface area contributed by atoms with Crippen LogP contribution in [0.4, 0.5) is 0 Å². The third kappa shape index (κ3) is 4.49. The molecule has 8 nitrogen and oxygen atoms in total. The monoisotopic (exact) mass is 434 g/mol. The number of methoxy groups -OCH3 is 2. The number of aromatic carboxylic acids is 2. The van der Waals surface area contributed by atoms with Crippen molar-refractivity contribution in [2.75, 3.05) is 14.2 Å². The number of fused-ring (bicyclic) bond motifs is 1. The van der Waals surface area contributed by atoms with Crippen molar-refractivity contribution in [1.82, 2.24) is 0 Å². The van der Waals surface area contributed by atoms with Gasteiger partial charge < -0.3 is 29.5 Å². The summed E-state index contributed by atoms with van der Waals surface area (Å²) in [6, 6.07) is 5.44. The minimum Gasteiger partial charge on any atom is -0.504 e. The van der Waals surface area contributed by atoms with Crippen LogP contribution in [-0.4, -0.2) is 41.5 Å². The zero-order chi connectivity index (χ0) is 21.1. The zero-order valence-electron chi connectivity index (χ0n) is 16.0. The number of ether oxygens (including phenoxy) is 3. The van der Waals surface area contributed by atoms with Crippen LogP contribution in [0.5, 0.6) is 23.0 Å². The average Bonchev–Trinajstić information content (AvgIpc) is 2.71. The van der Waals surface area contributed by atoms with Crippen LogP contribution in [-0.2, 0) is 6.42 Å². The van der Waals surface area contributed by atoms with Gasteiger partial charge in [0.05, 0.1) is 25.3 Å².